The van der Waals surface area contributed by atoms with E-state index in [1.807, 2.05) is 12.1 Å². The highest BCUT2D eigenvalue weighted by Crippen LogP contribution is 2.52. The van der Waals surface area contributed by atoms with Crippen LogP contribution < -0.4 is 0 Å². The lowest BCUT2D eigenvalue weighted by Crippen LogP contribution is -2.32. The predicted molar refractivity (Wildman–Crippen MR) is 98.0 cm³/mol. The Balaban J connectivity index is 1.97. The first-order valence-electron chi connectivity index (χ1n) is 9.57. The minimum absolute atomic E-state index is 0.300. The number of hydrogen-bond donors (Lipinski definition) is 1. The molecule has 0 radical (unpaired) electrons. The fraction of sp³-hybridized carbons (Fsp3) is 0.727. The molecule has 0 bridgehead atoms. The summed E-state index contributed by atoms with van der Waals surface area (Å²) in [5.74, 6) is 1.98. The van der Waals surface area contributed by atoms with E-state index in [2.05, 4.69) is 34.6 Å². The topological polar surface area (TPSA) is 20.2 Å². The molecule has 1 saturated carbocycles. The van der Waals surface area contributed by atoms with Gasteiger partial charge in [0, 0.05) is 0 Å². The summed E-state index contributed by atoms with van der Waals surface area (Å²) in [6.45, 7) is 12.1. The Kier molecular flexibility index (Phi) is 4.27. The molecule has 1 N–H and O–H groups in total. The molecule has 0 spiro atoms. The molecule has 0 aliphatic heterocycles. The average molecular weight is 315 g/mol. The van der Waals surface area contributed by atoms with Crippen molar-refractivity contribution in [3.05, 3.63) is 28.8 Å². The van der Waals surface area contributed by atoms with E-state index < -0.39 is 0 Å². The van der Waals surface area contributed by atoms with E-state index in [9.17, 15) is 5.11 Å². The monoisotopic (exact) mass is 314 g/mol. The van der Waals surface area contributed by atoms with E-state index in [-0.39, 0.29) is 0 Å². The summed E-state index contributed by atoms with van der Waals surface area (Å²) in [6.07, 6.45) is 9.21. The van der Waals surface area contributed by atoms with Gasteiger partial charge in [0.1, 0.15) is 5.75 Å². The minimum Gasteiger partial charge on any atom is -0.508 e. The van der Waals surface area contributed by atoms with Crippen LogP contribution in [0.2, 0.25) is 0 Å². The van der Waals surface area contributed by atoms with Crippen molar-refractivity contribution < 1.29 is 5.11 Å². The Morgan fingerprint density at radius 1 is 1.04 bits per heavy atom. The van der Waals surface area contributed by atoms with Crippen LogP contribution in [-0.4, -0.2) is 5.11 Å². The summed E-state index contributed by atoms with van der Waals surface area (Å²) in [5, 5.41) is 10.0. The van der Waals surface area contributed by atoms with Crippen molar-refractivity contribution >= 4 is 0 Å². The number of phenolic OH excluding ortho intramolecular Hbond substituents is 1. The molecule has 3 atom stereocenters. The highest BCUT2D eigenvalue weighted by molar-refractivity contribution is 5.49. The van der Waals surface area contributed by atoms with Gasteiger partial charge in [0.2, 0.25) is 0 Å². The van der Waals surface area contributed by atoms with Crippen molar-refractivity contribution in [2.75, 3.05) is 0 Å². The van der Waals surface area contributed by atoms with Gasteiger partial charge in [-0.2, -0.15) is 0 Å². The largest absolute Gasteiger partial charge is 0.508 e. The van der Waals surface area contributed by atoms with Gasteiger partial charge in [0.25, 0.3) is 0 Å². The number of benzene rings is 1. The highest BCUT2D eigenvalue weighted by Gasteiger charge is 2.44. The van der Waals surface area contributed by atoms with Crippen molar-refractivity contribution in [2.24, 2.45) is 17.3 Å². The molecule has 2 aliphatic carbocycles. The van der Waals surface area contributed by atoms with Crippen molar-refractivity contribution in [2.45, 2.75) is 85.0 Å². The van der Waals surface area contributed by atoms with Crippen molar-refractivity contribution in [3.8, 4) is 5.75 Å². The molecule has 0 amide bonds. The van der Waals surface area contributed by atoms with E-state index >= 15 is 0 Å². The maximum absolute atomic E-state index is 10.0. The van der Waals surface area contributed by atoms with E-state index in [0.717, 1.165) is 11.8 Å². The van der Waals surface area contributed by atoms with Gasteiger partial charge in [-0.15, -0.1) is 0 Å². The lowest BCUT2D eigenvalue weighted by molar-refractivity contribution is 0.151. The number of rotatable bonds is 0. The molecule has 1 heteroatoms. The van der Waals surface area contributed by atoms with Gasteiger partial charge in [-0.05, 0) is 90.5 Å². The van der Waals surface area contributed by atoms with Gasteiger partial charge in [0.15, 0.2) is 0 Å². The minimum atomic E-state index is 0.300. The molecule has 0 saturated heterocycles. The zero-order valence-electron chi connectivity index (χ0n) is 15.7. The molecule has 1 aromatic carbocycles. The summed E-state index contributed by atoms with van der Waals surface area (Å²) in [4.78, 5) is 0. The Bertz CT molecular complexity index is 586. The van der Waals surface area contributed by atoms with Gasteiger partial charge in [-0.1, -0.05) is 40.5 Å². The van der Waals surface area contributed by atoms with Crippen molar-refractivity contribution in [1.82, 2.24) is 0 Å². The molecule has 1 nitrogen and oxygen atoms in total. The zero-order valence-corrected chi connectivity index (χ0v) is 15.7. The van der Waals surface area contributed by atoms with Gasteiger partial charge < -0.3 is 5.11 Å². The standard InChI is InChI=1S/C22H34O/c1-15-12-19(23)14-17-13-18-8-6-7-10-21(3,4)16(2)9-11-22(18,5)20(15)17/h12,14,16,18,23H,6-11,13H2,1-5H3/t16-,18-,22+/m0/s1. The molecular weight excluding hydrogens is 280 g/mol. The van der Waals surface area contributed by atoms with Crippen LogP contribution in [0.3, 0.4) is 0 Å². The maximum atomic E-state index is 10.0. The smallest absolute Gasteiger partial charge is 0.116 e. The van der Waals surface area contributed by atoms with E-state index in [4.69, 9.17) is 0 Å². The van der Waals surface area contributed by atoms with E-state index in [1.165, 1.54) is 56.1 Å². The van der Waals surface area contributed by atoms with Gasteiger partial charge in [-0.25, -0.2) is 0 Å². The van der Waals surface area contributed by atoms with Crippen molar-refractivity contribution in [1.29, 1.82) is 0 Å². The number of hydrogen-bond acceptors (Lipinski definition) is 1. The maximum Gasteiger partial charge on any atom is 0.116 e. The molecule has 0 heterocycles. The second-order valence-corrected chi connectivity index (χ2v) is 9.29. The molecular formula is C22H34O. The van der Waals surface area contributed by atoms with Crippen LogP contribution in [0.15, 0.2) is 12.1 Å². The summed E-state index contributed by atoms with van der Waals surface area (Å²) in [6, 6.07) is 4.01. The number of aromatic hydroxyl groups is 1. The summed E-state index contributed by atoms with van der Waals surface area (Å²) in [5.41, 5.74) is 5.05. The summed E-state index contributed by atoms with van der Waals surface area (Å²) < 4.78 is 0. The molecule has 0 aromatic heterocycles. The third-order valence-corrected chi connectivity index (χ3v) is 7.39. The second kappa shape index (κ2) is 5.83. The Morgan fingerprint density at radius 2 is 1.78 bits per heavy atom. The number of phenols is 1. The van der Waals surface area contributed by atoms with Crippen LogP contribution in [0, 0.1) is 24.2 Å². The van der Waals surface area contributed by atoms with Crippen LogP contribution in [0.25, 0.3) is 0 Å². The van der Waals surface area contributed by atoms with Crippen LogP contribution in [0.5, 0.6) is 5.75 Å². The molecule has 23 heavy (non-hydrogen) atoms. The molecule has 0 unspecified atom stereocenters. The first-order valence-corrected chi connectivity index (χ1v) is 9.57. The lowest BCUT2D eigenvalue weighted by atomic mass is 9.65. The van der Waals surface area contributed by atoms with Gasteiger partial charge in [0.05, 0.1) is 0 Å². The van der Waals surface area contributed by atoms with Gasteiger partial charge >= 0.3 is 0 Å². The fourth-order valence-electron chi connectivity index (χ4n) is 5.39. The van der Waals surface area contributed by atoms with Crippen LogP contribution >= 0.6 is 0 Å². The summed E-state index contributed by atoms with van der Waals surface area (Å²) in [7, 11) is 0. The van der Waals surface area contributed by atoms with Gasteiger partial charge in [-0.3, -0.25) is 0 Å². The molecule has 1 aromatic rings. The zero-order chi connectivity index (χ0) is 16.8. The molecule has 1 fully saturated rings. The molecule has 3 rings (SSSR count). The Labute approximate surface area is 142 Å². The Morgan fingerprint density at radius 3 is 2.52 bits per heavy atom. The lowest BCUT2D eigenvalue weighted by Gasteiger charge is -2.40. The second-order valence-electron chi connectivity index (χ2n) is 9.29. The summed E-state index contributed by atoms with van der Waals surface area (Å²) >= 11 is 0. The SMILES string of the molecule is Cc1cc(O)cc2c1[C@]1(C)CC[C@H](C)C(C)(C)CCCC[C@H]1C2. The molecule has 128 valence electrons. The van der Waals surface area contributed by atoms with Crippen molar-refractivity contribution in [3.63, 3.8) is 0 Å². The Hall–Kier alpha value is -0.980. The quantitative estimate of drug-likeness (QED) is 0.609. The van der Waals surface area contributed by atoms with Crippen LogP contribution in [-0.2, 0) is 11.8 Å². The average Bonchev–Trinajstić information content (AvgIpc) is 2.73. The van der Waals surface area contributed by atoms with E-state index in [0.29, 0.717) is 16.6 Å². The van der Waals surface area contributed by atoms with E-state index in [1.54, 1.807) is 5.56 Å². The first kappa shape index (κ1) is 16.9. The highest BCUT2D eigenvalue weighted by atomic mass is 16.3. The molecule has 2 aliphatic rings. The van der Waals surface area contributed by atoms with Crippen LogP contribution in [0.4, 0.5) is 0 Å². The third kappa shape index (κ3) is 2.92. The predicted octanol–water partition coefficient (Wildman–Crippen LogP) is 6.15. The third-order valence-electron chi connectivity index (χ3n) is 7.39. The normalized spacial score (nSPS) is 33.8. The number of aryl methyl sites for hydroxylation is 1. The van der Waals surface area contributed by atoms with Crippen LogP contribution in [0.1, 0.15) is 82.9 Å². The number of fused-ring (bicyclic) bond motifs is 3. The first-order chi connectivity index (χ1) is 10.7. The fourth-order valence-corrected chi connectivity index (χ4v) is 5.39.